The summed E-state index contributed by atoms with van der Waals surface area (Å²) in [5.41, 5.74) is 0. The second-order valence-electron chi connectivity index (χ2n) is 0.250. The maximum atomic E-state index is 8.33. The first-order chi connectivity index (χ1) is 1.73. The molecule has 0 saturated heterocycles. The van der Waals surface area contributed by atoms with Crippen LogP contribution in [0.2, 0.25) is 0 Å². The first kappa shape index (κ1) is 23.3. The summed E-state index contributed by atoms with van der Waals surface area (Å²) in [5.74, 6) is 0. The Morgan fingerprint density at radius 2 is 1.29 bits per heavy atom. The molecule has 0 fully saturated rings. The third kappa shape index (κ3) is 82.3. The van der Waals surface area contributed by atoms with Crippen LogP contribution in [0.1, 0.15) is 0 Å². The predicted molar refractivity (Wildman–Crippen MR) is 7.33 cm³/mol. The van der Waals surface area contributed by atoms with Gasteiger partial charge in [-0.15, -0.1) is 0 Å². The maximum absolute atomic E-state index is 8.33. The van der Waals surface area contributed by atoms with Crippen molar-refractivity contribution in [3.63, 3.8) is 0 Å². The molecular weight excluding hydrogens is 359 g/mol. The molecule has 0 aliphatic rings. The number of rotatable bonds is 0. The fourth-order valence-corrected chi connectivity index (χ4v) is 0. The van der Waals surface area contributed by atoms with Crippen LogP contribution in [0.5, 0.6) is 0 Å². The molecule has 0 aromatic carbocycles. The van der Waals surface area contributed by atoms with Gasteiger partial charge in [-0.05, 0) is 6.16 Å². The van der Waals surface area contributed by atoms with Crippen LogP contribution in [-0.4, -0.2) is 11.6 Å². The maximum Gasteiger partial charge on any atom is 3.00 e. The molecule has 0 bridgehead atoms. The second-order valence-corrected chi connectivity index (χ2v) is 0.250. The molecule has 1 radical (unpaired) electrons. The van der Waals surface area contributed by atoms with Gasteiger partial charge in [0.25, 0.3) is 0 Å². The largest absolute Gasteiger partial charge is 3.00 e. The van der Waals surface area contributed by atoms with Gasteiger partial charge in [-0.2, -0.15) is 0 Å². The summed E-state index contributed by atoms with van der Waals surface area (Å²) in [7, 11) is 0. The van der Waals surface area contributed by atoms with Crippen molar-refractivity contribution in [1.29, 1.82) is 0 Å². The van der Waals surface area contributed by atoms with Crippen molar-refractivity contribution in [3.8, 4) is 0 Å². The fraction of sp³-hybridized carbons (Fsp3) is 0. The Kier molecular flexibility index (Phi) is 52.0. The Bertz CT molecular complexity index is 34.7. The molecule has 0 amide bonds. The second kappa shape index (κ2) is 15.7. The number of hydrogen-bond donors (Lipinski definition) is 0. The van der Waals surface area contributed by atoms with Crippen molar-refractivity contribution in [2.45, 2.75) is 0 Å². The monoisotopic (exact) mass is 358 g/mol. The van der Waals surface area contributed by atoms with Crippen molar-refractivity contribution >= 4 is 6.16 Å². The van der Waals surface area contributed by atoms with E-state index in [0.29, 0.717) is 0 Å². The summed E-state index contributed by atoms with van der Waals surface area (Å²) < 4.78 is 0. The molecule has 0 aromatic rings. The minimum Gasteiger partial charge on any atom is -0.870 e. The van der Waals surface area contributed by atoms with Gasteiger partial charge < -0.3 is 20.5 Å². The van der Waals surface area contributed by atoms with Crippen molar-refractivity contribution in [2.24, 2.45) is 0 Å². The van der Waals surface area contributed by atoms with E-state index in [1.165, 1.54) is 0 Å². The first-order valence-corrected chi connectivity index (χ1v) is 0.612. The molecule has 1 N–H and O–H groups in total. The molecule has 33 valence electrons. The standard InChI is InChI=1S/CH2O3.La.Nd.H2O/c2-1(3)4;;;/h(H2,2,3,4);;;1H2/q;2*+3;/p-3. The van der Waals surface area contributed by atoms with E-state index in [9.17, 15) is 0 Å². The van der Waals surface area contributed by atoms with Crippen LogP contribution >= 0.6 is 0 Å². The zero-order chi connectivity index (χ0) is 3.58. The molecule has 0 heterocycles. The minimum absolute atomic E-state index is 0. The van der Waals surface area contributed by atoms with E-state index < -0.39 is 6.16 Å². The zero-order valence-electron chi connectivity index (χ0n) is 3.25. The molecular formula is CHLaNdO4+3. The molecule has 0 atom stereocenters. The van der Waals surface area contributed by atoms with E-state index in [-0.39, 0.29) is 81.9 Å². The Labute approximate surface area is 101 Å². The first-order valence-electron chi connectivity index (χ1n) is 0.612. The Morgan fingerprint density at radius 3 is 1.29 bits per heavy atom. The molecule has 0 aliphatic carbocycles. The molecule has 7 heavy (non-hydrogen) atoms. The van der Waals surface area contributed by atoms with Gasteiger partial charge in [0.15, 0.2) is 0 Å². The number of hydrogen-bond acceptors (Lipinski definition) is 4. The molecule has 0 aliphatic heterocycles. The molecule has 0 aromatic heterocycles. The van der Waals surface area contributed by atoms with Crippen LogP contribution in [0.4, 0.5) is 4.79 Å². The third-order valence-electron chi connectivity index (χ3n) is 0. The average molecular weight is 360 g/mol. The van der Waals surface area contributed by atoms with Crippen LogP contribution in [0.3, 0.4) is 0 Å². The van der Waals surface area contributed by atoms with Crippen LogP contribution in [-0.2, 0) is 0 Å². The molecule has 0 saturated carbocycles. The van der Waals surface area contributed by atoms with Crippen LogP contribution in [0.15, 0.2) is 0 Å². The quantitative estimate of drug-likeness (QED) is 0.473. The van der Waals surface area contributed by atoms with E-state index in [1.807, 2.05) is 0 Å². The smallest absolute Gasteiger partial charge is 0.870 e. The third-order valence-corrected chi connectivity index (χ3v) is 0. The minimum atomic E-state index is -2.33. The SMILES string of the molecule is O=C([O-])[O-].[La+3].[Nd+3].[OH-]. The van der Waals surface area contributed by atoms with E-state index in [2.05, 4.69) is 0 Å². The summed E-state index contributed by atoms with van der Waals surface area (Å²) in [6.45, 7) is 0. The summed E-state index contributed by atoms with van der Waals surface area (Å²) in [4.78, 5) is 8.33. The van der Waals surface area contributed by atoms with Crippen molar-refractivity contribution in [3.05, 3.63) is 0 Å². The van der Waals surface area contributed by atoms with Crippen LogP contribution < -0.4 is 10.2 Å². The Balaban J connectivity index is -0.0000000150. The summed E-state index contributed by atoms with van der Waals surface area (Å²) in [5, 5.41) is 16.7. The fourth-order valence-electron chi connectivity index (χ4n) is 0. The van der Waals surface area contributed by atoms with Crippen molar-refractivity contribution in [1.82, 2.24) is 0 Å². The van der Waals surface area contributed by atoms with Gasteiger partial charge in [0, 0.05) is 0 Å². The molecule has 6 heteroatoms. The van der Waals surface area contributed by atoms with Gasteiger partial charge in [-0.1, -0.05) is 0 Å². The summed E-state index contributed by atoms with van der Waals surface area (Å²) >= 11 is 0. The van der Waals surface area contributed by atoms with Crippen molar-refractivity contribution in [2.75, 3.05) is 0 Å². The van der Waals surface area contributed by atoms with Gasteiger partial charge in [0.1, 0.15) is 0 Å². The Hall–Kier alpha value is 1.78. The van der Waals surface area contributed by atoms with Crippen LogP contribution in [0, 0.1) is 76.4 Å². The van der Waals surface area contributed by atoms with Crippen molar-refractivity contribution < 1.29 is 96.9 Å². The normalized spacial score (nSPS) is 3.43. The van der Waals surface area contributed by atoms with E-state index >= 15 is 0 Å². The number of carbonyl (C=O) groups is 1. The molecule has 4 nitrogen and oxygen atoms in total. The summed E-state index contributed by atoms with van der Waals surface area (Å²) in [6, 6.07) is 0. The summed E-state index contributed by atoms with van der Waals surface area (Å²) in [6.07, 6.45) is -2.33. The predicted octanol–water partition coefficient (Wildman–Crippen LogP) is -2.62. The number of carboxylic acid groups (broad SMARTS) is 2. The zero-order valence-corrected chi connectivity index (χ0v) is 10.1. The van der Waals surface area contributed by atoms with Crippen LogP contribution in [0.25, 0.3) is 0 Å². The van der Waals surface area contributed by atoms with Gasteiger partial charge in [0.05, 0.1) is 0 Å². The molecule has 0 spiro atoms. The topological polar surface area (TPSA) is 93.2 Å². The van der Waals surface area contributed by atoms with E-state index in [1.54, 1.807) is 0 Å². The van der Waals surface area contributed by atoms with Gasteiger partial charge in [-0.25, -0.2) is 0 Å². The average Bonchev–Trinajstić information content (AvgIpc) is 0.811. The van der Waals surface area contributed by atoms with Gasteiger partial charge >= 0.3 is 76.4 Å². The van der Waals surface area contributed by atoms with Gasteiger partial charge in [-0.3, -0.25) is 0 Å². The van der Waals surface area contributed by atoms with E-state index in [0.717, 1.165) is 0 Å². The Morgan fingerprint density at radius 1 is 1.29 bits per heavy atom. The number of carbonyl (C=O) groups excluding carboxylic acids is 1. The molecule has 0 unspecified atom stereocenters. The molecule has 0 rings (SSSR count). The van der Waals surface area contributed by atoms with E-state index in [4.69, 9.17) is 15.0 Å². The van der Waals surface area contributed by atoms with Gasteiger partial charge in [0.2, 0.25) is 0 Å².